The van der Waals surface area contributed by atoms with Gasteiger partial charge >= 0.3 is 0 Å². The lowest BCUT2D eigenvalue weighted by atomic mass is 9.58. The van der Waals surface area contributed by atoms with Crippen LogP contribution in [0, 0.1) is 35.5 Å². The second kappa shape index (κ2) is 4.84. The third kappa shape index (κ3) is 2.04. The highest BCUT2D eigenvalue weighted by Gasteiger charge is 2.44. The standard InChI is InChI=1S/C18H30/c1-2-5-13-9-17-11-15-7-4-8-16(15)12-18(17)10-14(13)6-3-1/h13-18H,1-12H2. The van der Waals surface area contributed by atoms with Gasteiger partial charge in [-0.1, -0.05) is 51.4 Å². The molecule has 0 bridgehead atoms. The van der Waals surface area contributed by atoms with Gasteiger partial charge in [0, 0.05) is 0 Å². The van der Waals surface area contributed by atoms with Crippen LogP contribution >= 0.6 is 0 Å². The molecule has 102 valence electrons. The maximum absolute atomic E-state index is 1.64. The molecule has 4 aliphatic carbocycles. The number of hydrogen-bond donors (Lipinski definition) is 0. The molecule has 4 fully saturated rings. The molecule has 6 atom stereocenters. The molecule has 0 saturated heterocycles. The summed E-state index contributed by atoms with van der Waals surface area (Å²) in [6, 6.07) is 0. The topological polar surface area (TPSA) is 0 Å². The molecule has 18 heavy (non-hydrogen) atoms. The van der Waals surface area contributed by atoms with Gasteiger partial charge in [0.1, 0.15) is 0 Å². The number of fused-ring (bicyclic) bond motifs is 3. The molecule has 0 heterocycles. The van der Waals surface area contributed by atoms with Crippen LogP contribution in [0.3, 0.4) is 0 Å². The molecule has 0 amide bonds. The average Bonchev–Trinajstić information content (AvgIpc) is 2.70. The van der Waals surface area contributed by atoms with E-state index in [-0.39, 0.29) is 0 Å². The fourth-order valence-corrected chi connectivity index (χ4v) is 6.33. The van der Waals surface area contributed by atoms with E-state index in [1.54, 1.807) is 70.6 Å². The van der Waals surface area contributed by atoms with Crippen molar-refractivity contribution in [2.24, 2.45) is 35.5 Å². The Bertz CT molecular complexity index is 266. The highest BCUT2D eigenvalue weighted by molar-refractivity contribution is 4.95. The Morgan fingerprint density at radius 1 is 0.333 bits per heavy atom. The molecule has 0 aromatic carbocycles. The molecule has 0 spiro atoms. The minimum Gasteiger partial charge on any atom is -0.0533 e. The van der Waals surface area contributed by atoms with E-state index in [0.717, 1.165) is 35.5 Å². The highest BCUT2D eigenvalue weighted by atomic mass is 14.5. The van der Waals surface area contributed by atoms with Crippen molar-refractivity contribution in [3.63, 3.8) is 0 Å². The smallest absolute Gasteiger partial charge is 0.0380 e. The highest BCUT2D eigenvalue weighted by Crippen LogP contribution is 2.55. The van der Waals surface area contributed by atoms with Crippen LogP contribution in [0.15, 0.2) is 0 Å². The summed E-state index contributed by atoms with van der Waals surface area (Å²) in [6.45, 7) is 0. The first kappa shape index (κ1) is 11.8. The van der Waals surface area contributed by atoms with Crippen LogP contribution in [0.1, 0.15) is 77.0 Å². The minimum atomic E-state index is 1.15. The maximum atomic E-state index is 1.64. The van der Waals surface area contributed by atoms with Crippen molar-refractivity contribution in [2.45, 2.75) is 77.0 Å². The quantitative estimate of drug-likeness (QED) is 0.535. The summed E-state index contributed by atoms with van der Waals surface area (Å²) >= 11 is 0. The molecule has 0 heteroatoms. The molecule has 0 aromatic rings. The predicted molar refractivity (Wildman–Crippen MR) is 76.3 cm³/mol. The van der Waals surface area contributed by atoms with Crippen LogP contribution in [0.4, 0.5) is 0 Å². The van der Waals surface area contributed by atoms with E-state index >= 15 is 0 Å². The lowest BCUT2D eigenvalue weighted by molar-refractivity contribution is 0.0320. The number of rotatable bonds is 0. The SMILES string of the molecule is C1CCC2CC3CC4CCCC4CC3CC2CC1. The van der Waals surface area contributed by atoms with Gasteiger partial charge in [0.05, 0.1) is 0 Å². The Balaban J connectivity index is 1.48. The van der Waals surface area contributed by atoms with Crippen molar-refractivity contribution < 1.29 is 0 Å². The summed E-state index contributed by atoms with van der Waals surface area (Å²) in [7, 11) is 0. The zero-order chi connectivity index (χ0) is 11.9. The van der Waals surface area contributed by atoms with Crippen molar-refractivity contribution in [3.05, 3.63) is 0 Å². The van der Waals surface area contributed by atoms with Gasteiger partial charge in [-0.2, -0.15) is 0 Å². The van der Waals surface area contributed by atoms with Crippen molar-refractivity contribution in [1.29, 1.82) is 0 Å². The molecule has 0 aromatic heterocycles. The fourth-order valence-electron chi connectivity index (χ4n) is 6.33. The Morgan fingerprint density at radius 2 is 0.722 bits per heavy atom. The summed E-state index contributed by atoms with van der Waals surface area (Å²) in [5.41, 5.74) is 0. The lowest BCUT2D eigenvalue weighted by Gasteiger charge is -2.47. The molecule has 4 aliphatic rings. The van der Waals surface area contributed by atoms with Gasteiger partial charge in [0.15, 0.2) is 0 Å². The molecule has 0 aliphatic heterocycles. The van der Waals surface area contributed by atoms with Crippen molar-refractivity contribution in [1.82, 2.24) is 0 Å². The van der Waals surface area contributed by atoms with E-state index in [1.807, 2.05) is 0 Å². The van der Waals surface area contributed by atoms with Crippen LogP contribution in [-0.2, 0) is 0 Å². The molecule has 0 nitrogen and oxygen atoms in total. The van der Waals surface area contributed by atoms with E-state index in [0.29, 0.717) is 0 Å². The summed E-state index contributed by atoms with van der Waals surface area (Å²) in [5.74, 6) is 6.92. The lowest BCUT2D eigenvalue weighted by Crippen LogP contribution is -2.37. The molecule has 4 saturated carbocycles. The third-order valence-corrected chi connectivity index (χ3v) is 7.22. The van der Waals surface area contributed by atoms with E-state index in [2.05, 4.69) is 0 Å². The van der Waals surface area contributed by atoms with Gasteiger partial charge in [0.2, 0.25) is 0 Å². The summed E-state index contributed by atoms with van der Waals surface area (Å²) in [5, 5.41) is 0. The average molecular weight is 246 g/mol. The van der Waals surface area contributed by atoms with Crippen LogP contribution in [0.2, 0.25) is 0 Å². The van der Waals surface area contributed by atoms with Crippen LogP contribution in [-0.4, -0.2) is 0 Å². The summed E-state index contributed by atoms with van der Waals surface area (Å²) < 4.78 is 0. The molecular weight excluding hydrogens is 216 g/mol. The molecule has 6 unspecified atom stereocenters. The van der Waals surface area contributed by atoms with Gasteiger partial charge in [-0.05, 0) is 61.2 Å². The second-order valence-electron chi connectivity index (χ2n) is 8.07. The van der Waals surface area contributed by atoms with E-state index in [4.69, 9.17) is 0 Å². The van der Waals surface area contributed by atoms with Crippen molar-refractivity contribution in [2.75, 3.05) is 0 Å². The molecule has 4 rings (SSSR count). The Kier molecular flexibility index (Phi) is 3.17. The van der Waals surface area contributed by atoms with Gasteiger partial charge in [-0.3, -0.25) is 0 Å². The van der Waals surface area contributed by atoms with Crippen molar-refractivity contribution >= 4 is 0 Å². The third-order valence-electron chi connectivity index (χ3n) is 7.22. The predicted octanol–water partition coefficient (Wildman–Crippen LogP) is 5.42. The zero-order valence-electron chi connectivity index (χ0n) is 11.9. The van der Waals surface area contributed by atoms with Gasteiger partial charge in [-0.25, -0.2) is 0 Å². The Labute approximate surface area is 113 Å². The van der Waals surface area contributed by atoms with Crippen molar-refractivity contribution in [3.8, 4) is 0 Å². The molecule has 0 N–H and O–H groups in total. The zero-order valence-corrected chi connectivity index (χ0v) is 11.9. The Morgan fingerprint density at radius 3 is 1.17 bits per heavy atom. The monoisotopic (exact) mass is 246 g/mol. The maximum Gasteiger partial charge on any atom is -0.0380 e. The van der Waals surface area contributed by atoms with Gasteiger partial charge in [0.25, 0.3) is 0 Å². The molecule has 0 radical (unpaired) electrons. The normalized spacial score (nSPS) is 52.0. The molecular formula is C18H30. The number of hydrogen-bond acceptors (Lipinski definition) is 0. The van der Waals surface area contributed by atoms with Crippen LogP contribution in [0.25, 0.3) is 0 Å². The van der Waals surface area contributed by atoms with E-state index in [1.165, 1.54) is 6.42 Å². The summed E-state index contributed by atoms with van der Waals surface area (Å²) in [4.78, 5) is 0. The first-order chi connectivity index (χ1) is 8.90. The van der Waals surface area contributed by atoms with Gasteiger partial charge in [-0.15, -0.1) is 0 Å². The van der Waals surface area contributed by atoms with Crippen LogP contribution < -0.4 is 0 Å². The van der Waals surface area contributed by atoms with E-state index < -0.39 is 0 Å². The minimum absolute atomic E-state index is 1.15. The Hall–Kier alpha value is 0. The first-order valence-corrected chi connectivity index (χ1v) is 8.90. The largest absolute Gasteiger partial charge is 0.0533 e. The second-order valence-corrected chi connectivity index (χ2v) is 8.07. The fraction of sp³-hybridized carbons (Fsp3) is 1.00. The van der Waals surface area contributed by atoms with Crippen LogP contribution in [0.5, 0.6) is 0 Å². The first-order valence-electron chi connectivity index (χ1n) is 8.90. The van der Waals surface area contributed by atoms with Gasteiger partial charge < -0.3 is 0 Å². The van der Waals surface area contributed by atoms with E-state index in [9.17, 15) is 0 Å². The summed E-state index contributed by atoms with van der Waals surface area (Å²) in [6.07, 6.45) is 19.1.